The Morgan fingerprint density at radius 1 is 1.25 bits per heavy atom. The third-order valence-corrected chi connectivity index (χ3v) is 2.66. The van der Waals surface area contributed by atoms with Gasteiger partial charge < -0.3 is 4.42 Å². The number of nitrogens with zero attached hydrogens (tertiary/aromatic N) is 1. The van der Waals surface area contributed by atoms with Crippen molar-refractivity contribution >= 4 is 11.6 Å². The van der Waals surface area contributed by atoms with Crippen LogP contribution in [-0.4, -0.2) is 4.98 Å². The zero-order valence-corrected chi connectivity index (χ0v) is 10.2. The van der Waals surface area contributed by atoms with Gasteiger partial charge >= 0.3 is 0 Å². The molecular weight excluding hydrogens is 222 g/mol. The van der Waals surface area contributed by atoms with Crippen LogP contribution in [0.5, 0.6) is 0 Å². The molecule has 0 atom stereocenters. The summed E-state index contributed by atoms with van der Waals surface area (Å²) >= 11 is 5.85. The van der Waals surface area contributed by atoms with E-state index < -0.39 is 0 Å². The minimum absolute atomic E-state index is 0.731. The highest BCUT2D eigenvalue weighted by molar-refractivity contribution is 6.30. The van der Waals surface area contributed by atoms with Gasteiger partial charge in [0.25, 0.3) is 0 Å². The Kier molecular flexibility index (Phi) is 3.30. The van der Waals surface area contributed by atoms with E-state index in [1.54, 1.807) is 0 Å². The molecule has 0 spiro atoms. The summed E-state index contributed by atoms with van der Waals surface area (Å²) in [5, 5.41) is 0.731. The minimum atomic E-state index is 0.731. The lowest BCUT2D eigenvalue weighted by atomic mass is 10.1. The molecule has 0 aliphatic rings. The Morgan fingerprint density at radius 2 is 1.94 bits per heavy atom. The van der Waals surface area contributed by atoms with Crippen LogP contribution in [0.2, 0.25) is 5.02 Å². The second-order valence-corrected chi connectivity index (χ2v) is 4.22. The Hall–Kier alpha value is -1.28. The van der Waals surface area contributed by atoms with Crippen molar-refractivity contribution in [2.75, 3.05) is 0 Å². The van der Waals surface area contributed by atoms with Crippen LogP contribution in [0.15, 0.2) is 28.7 Å². The normalized spacial score (nSPS) is 10.7. The lowest BCUT2D eigenvalue weighted by Gasteiger charge is -1.97. The highest BCUT2D eigenvalue weighted by atomic mass is 35.5. The molecule has 0 fully saturated rings. The van der Waals surface area contributed by atoms with Crippen molar-refractivity contribution in [2.24, 2.45) is 0 Å². The Labute approximate surface area is 100 Å². The van der Waals surface area contributed by atoms with Crippen LogP contribution in [0.25, 0.3) is 11.3 Å². The predicted molar refractivity (Wildman–Crippen MR) is 65.7 cm³/mol. The first-order valence-electron chi connectivity index (χ1n) is 5.43. The van der Waals surface area contributed by atoms with E-state index in [-0.39, 0.29) is 0 Å². The number of aryl methyl sites for hydroxylation is 2. The maximum absolute atomic E-state index is 5.85. The van der Waals surface area contributed by atoms with Crippen molar-refractivity contribution in [1.29, 1.82) is 0 Å². The summed E-state index contributed by atoms with van der Waals surface area (Å²) in [5.41, 5.74) is 1.96. The highest BCUT2D eigenvalue weighted by Crippen LogP contribution is 2.26. The van der Waals surface area contributed by atoms with Crippen LogP contribution in [0, 0.1) is 6.92 Å². The molecule has 2 rings (SSSR count). The average molecular weight is 236 g/mol. The van der Waals surface area contributed by atoms with Crippen molar-refractivity contribution in [3.63, 3.8) is 0 Å². The van der Waals surface area contributed by atoms with Gasteiger partial charge in [-0.1, -0.05) is 18.5 Å². The topological polar surface area (TPSA) is 26.0 Å². The second-order valence-electron chi connectivity index (χ2n) is 3.78. The van der Waals surface area contributed by atoms with Crippen LogP contribution < -0.4 is 0 Å². The maximum atomic E-state index is 5.85. The largest absolute Gasteiger partial charge is 0.440 e. The molecule has 2 nitrogen and oxygen atoms in total. The fourth-order valence-electron chi connectivity index (χ4n) is 1.64. The van der Waals surface area contributed by atoms with Crippen LogP contribution in [0.1, 0.15) is 24.9 Å². The van der Waals surface area contributed by atoms with Crippen molar-refractivity contribution < 1.29 is 4.42 Å². The summed E-state index contributed by atoms with van der Waals surface area (Å²) in [4.78, 5) is 4.40. The molecule has 0 aliphatic carbocycles. The van der Waals surface area contributed by atoms with E-state index in [0.717, 1.165) is 40.8 Å². The summed E-state index contributed by atoms with van der Waals surface area (Å²) < 4.78 is 5.73. The second kappa shape index (κ2) is 4.71. The van der Waals surface area contributed by atoms with Crippen molar-refractivity contribution in [2.45, 2.75) is 26.7 Å². The highest BCUT2D eigenvalue weighted by Gasteiger charge is 2.10. The summed E-state index contributed by atoms with van der Waals surface area (Å²) in [5.74, 6) is 1.66. The number of halogens is 1. The third kappa shape index (κ3) is 2.27. The van der Waals surface area contributed by atoms with Gasteiger partial charge in [-0.3, -0.25) is 0 Å². The minimum Gasteiger partial charge on any atom is -0.440 e. The van der Waals surface area contributed by atoms with Gasteiger partial charge in [0, 0.05) is 17.0 Å². The summed E-state index contributed by atoms with van der Waals surface area (Å²) in [6.07, 6.45) is 1.93. The third-order valence-electron chi connectivity index (χ3n) is 2.41. The Morgan fingerprint density at radius 3 is 2.56 bits per heavy atom. The van der Waals surface area contributed by atoms with Crippen molar-refractivity contribution in [1.82, 2.24) is 4.98 Å². The van der Waals surface area contributed by atoms with Crippen molar-refractivity contribution in [3.8, 4) is 11.3 Å². The first-order chi connectivity index (χ1) is 7.70. The molecule has 0 saturated carbocycles. The lowest BCUT2D eigenvalue weighted by molar-refractivity contribution is 0.503. The Balaban J connectivity index is 2.36. The van der Waals surface area contributed by atoms with E-state index in [1.165, 1.54) is 0 Å². The number of hydrogen-bond donors (Lipinski definition) is 0. The molecular formula is C13H14ClNO. The molecule has 84 valence electrons. The molecule has 0 radical (unpaired) electrons. The predicted octanol–water partition coefficient (Wildman–Crippen LogP) is 4.26. The molecule has 2 aromatic rings. The van der Waals surface area contributed by atoms with Gasteiger partial charge in [-0.2, -0.15) is 0 Å². The number of aromatic nitrogens is 1. The summed E-state index contributed by atoms with van der Waals surface area (Å²) in [7, 11) is 0. The van der Waals surface area contributed by atoms with Gasteiger partial charge in [-0.05, 0) is 37.6 Å². The van der Waals surface area contributed by atoms with Gasteiger partial charge in [0.05, 0.1) is 5.69 Å². The number of rotatable bonds is 3. The van der Waals surface area contributed by atoms with Crippen molar-refractivity contribution in [3.05, 3.63) is 40.9 Å². The average Bonchev–Trinajstić information content (AvgIpc) is 2.61. The summed E-state index contributed by atoms with van der Waals surface area (Å²) in [6, 6.07) is 7.62. The fraction of sp³-hybridized carbons (Fsp3) is 0.308. The monoisotopic (exact) mass is 235 g/mol. The molecule has 1 heterocycles. The molecule has 16 heavy (non-hydrogen) atoms. The molecule has 1 aromatic carbocycles. The fourth-order valence-corrected chi connectivity index (χ4v) is 1.77. The van der Waals surface area contributed by atoms with Crippen LogP contribution in [-0.2, 0) is 6.42 Å². The van der Waals surface area contributed by atoms with E-state index in [2.05, 4.69) is 11.9 Å². The van der Waals surface area contributed by atoms with Gasteiger partial charge in [-0.15, -0.1) is 0 Å². The molecule has 0 amide bonds. The van der Waals surface area contributed by atoms with Crippen LogP contribution >= 0.6 is 11.6 Å². The van der Waals surface area contributed by atoms with Gasteiger partial charge in [0.1, 0.15) is 0 Å². The van der Waals surface area contributed by atoms with E-state index >= 15 is 0 Å². The van der Waals surface area contributed by atoms with E-state index in [1.807, 2.05) is 31.2 Å². The molecule has 0 unspecified atom stereocenters. The SMILES string of the molecule is CCCc1nc(C)c(-c2ccc(Cl)cc2)o1. The lowest BCUT2D eigenvalue weighted by Crippen LogP contribution is -1.81. The molecule has 0 saturated heterocycles. The standard InChI is InChI=1S/C13H14ClNO/c1-3-4-12-15-9(2)13(16-12)10-5-7-11(14)8-6-10/h5-8H,3-4H2,1-2H3. The molecule has 3 heteroatoms. The zero-order chi connectivity index (χ0) is 11.5. The summed E-state index contributed by atoms with van der Waals surface area (Å²) in [6.45, 7) is 4.08. The molecule has 0 N–H and O–H groups in total. The van der Waals surface area contributed by atoms with E-state index in [9.17, 15) is 0 Å². The Bertz CT molecular complexity index is 473. The zero-order valence-electron chi connectivity index (χ0n) is 9.46. The maximum Gasteiger partial charge on any atom is 0.195 e. The van der Waals surface area contributed by atoms with Gasteiger partial charge in [0.15, 0.2) is 11.7 Å². The van der Waals surface area contributed by atoms with E-state index in [0.29, 0.717) is 0 Å². The van der Waals surface area contributed by atoms with Gasteiger partial charge in [0.2, 0.25) is 0 Å². The first-order valence-corrected chi connectivity index (χ1v) is 5.80. The van der Waals surface area contributed by atoms with Crippen LogP contribution in [0.3, 0.4) is 0 Å². The number of benzene rings is 1. The van der Waals surface area contributed by atoms with Crippen LogP contribution in [0.4, 0.5) is 0 Å². The number of hydrogen-bond acceptors (Lipinski definition) is 2. The molecule has 0 aliphatic heterocycles. The molecule has 1 aromatic heterocycles. The van der Waals surface area contributed by atoms with E-state index in [4.69, 9.17) is 16.0 Å². The smallest absolute Gasteiger partial charge is 0.195 e. The first kappa shape index (κ1) is 11.2. The molecule has 0 bridgehead atoms. The van der Waals surface area contributed by atoms with Gasteiger partial charge in [-0.25, -0.2) is 4.98 Å². The number of oxazole rings is 1. The quantitative estimate of drug-likeness (QED) is 0.795.